The van der Waals surface area contributed by atoms with Crippen molar-refractivity contribution in [2.75, 3.05) is 23.3 Å². The van der Waals surface area contributed by atoms with Crippen LogP contribution in [0.5, 0.6) is 5.75 Å². The van der Waals surface area contributed by atoms with Gasteiger partial charge >= 0.3 is 0 Å². The van der Waals surface area contributed by atoms with E-state index >= 15 is 0 Å². The molecule has 9 nitrogen and oxygen atoms in total. The smallest absolute Gasteiger partial charge is 0.264 e. The van der Waals surface area contributed by atoms with Gasteiger partial charge in [0.25, 0.3) is 15.9 Å². The van der Waals surface area contributed by atoms with Crippen LogP contribution in [0, 0.1) is 6.92 Å². The third-order valence-electron chi connectivity index (χ3n) is 5.23. The third-order valence-corrected chi connectivity index (χ3v) is 7.02. The van der Waals surface area contributed by atoms with Gasteiger partial charge in [-0.25, -0.2) is 13.8 Å². The van der Waals surface area contributed by atoms with E-state index in [1.807, 2.05) is 6.92 Å². The first-order chi connectivity index (χ1) is 17.1. The molecule has 3 aromatic rings. The Labute approximate surface area is 210 Å². The molecular weight excluding hydrogens is 480 g/mol. The lowest BCUT2D eigenvalue weighted by Gasteiger charge is -2.24. The second-order valence-electron chi connectivity index (χ2n) is 8.01. The molecule has 0 bridgehead atoms. The monoisotopic (exact) mass is 508 g/mol. The Bertz CT molecular complexity index is 1350. The largest absolute Gasteiger partial charge is 0.497 e. The van der Waals surface area contributed by atoms with E-state index in [1.54, 1.807) is 67.6 Å². The molecule has 0 aliphatic heterocycles. The van der Waals surface area contributed by atoms with Crippen molar-refractivity contribution in [3.8, 4) is 5.75 Å². The predicted octanol–water partition coefficient (Wildman–Crippen LogP) is 3.70. The van der Waals surface area contributed by atoms with Crippen LogP contribution in [-0.2, 0) is 19.6 Å². The van der Waals surface area contributed by atoms with Crippen LogP contribution < -0.4 is 19.8 Å². The van der Waals surface area contributed by atoms with Crippen molar-refractivity contribution in [3.05, 3.63) is 83.9 Å². The molecule has 0 atom stereocenters. The van der Waals surface area contributed by atoms with Gasteiger partial charge in [-0.3, -0.25) is 13.9 Å². The van der Waals surface area contributed by atoms with Gasteiger partial charge in [-0.1, -0.05) is 29.8 Å². The molecule has 3 rings (SSSR count). The van der Waals surface area contributed by atoms with Crippen molar-refractivity contribution >= 4 is 38.9 Å². The van der Waals surface area contributed by atoms with Gasteiger partial charge in [0.1, 0.15) is 12.3 Å². The molecule has 0 saturated carbocycles. The Hall–Kier alpha value is -4.18. The van der Waals surface area contributed by atoms with Crippen molar-refractivity contribution in [2.45, 2.75) is 25.7 Å². The Kier molecular flexibility index (Phi) is 8.44. The number of rotatable bonds is 9. The first kappa shape index (κ1) is 26.4. The number of carbonyl (C=O) groups is 2. The van der Waals surface area contributed by atoms with Crippen molar-refractivity contribution in [1.29, 1.82) is 0 Å². The number of methoxy groups -OCH3 is 1. The number of hydrogen-bond acceptors (Lipinski definition) is 6. The topological polar surface area (TPSA) is 117 Å². The highest BCUT2D eigenvalue weighted by Crippen LogP contribution is 2.26. The molecule has 0 saturated heterocycles. The van der Waals surface area contributed by atoms with Gasteiger partial charge in [0.05, 0.1) is 23.4 Å². The Balaban J connectivity index is 1.82. The second kappa shape index (κ2) is 11.5. The lowest BCUT2D eigenvalue weighted by atomic mass is 10.1. The Morgan fingerprint density at radius 2 is 1.53 bits per heavy atom. The summed E-state index contributed by atoms with van der Waals surface area (Å²) in [5.41, 5.74) is 5.53. The number of hydrogen-bond donors (Lipinski definition) is 2. The van der Waals surface area contributed by atoms with E-state index in [9.17, 15) is 18.0 Å². The van der Waals surface area contributed by atoms with E-state index in [1.165, 1.54) is 26.2 Å². The summed E-state index contributed by atoms with van der Waals surface area (Å²) in [4.78, 5) is 24.0. The molecule has 2 N–H and O–H groups in total. The summed E-state index contributed by atoms with van der Waals surface area (Å²) >= 11 is 0. The number of nitrogens with zero attached hydrogens (tertiary/aromatic N) is 2. The van der Waals surface area contributed by atoms with Gasteiger partial charge in [0, 0.05) is 12.6 Å². The zero-order chi connectivity index (χ0) is 26.3. The minimum absolute atomic E-state index is 0.0654. The standard InChI is InChI=1S/C26H28N4O5S/c1-18-5-15-25(16-6-18)36(33,34)30(23-11-13-24(35-4)14-12-23)17-26(32)29-28-19(2)21-7-9-22(10-8-21)27-20(3)31/h5-16H,17H2,1-4H3,(H,27,31)(H,29,32)/b28-19-. The summed E-state index contributed by atoms with van der Waals surface area (Å²) in [5, 5.41) is 6.79. The number of amides is 2. The molecule has 36 heavy (non-hydrogen) atoms. The fourth-order valence-corrected chi connectivity index (χ4v) is 4.70. The number of hydrazone groups is 1. The summed E-state index contributed by atoms with van der Waals surface area (Å²) in [5.74, 6) is -0.237. The SMILES string of the molecule is COc1ccc(N(CC(=O)N/N=C(/C)c2ccc(NC(C)=O)cc2)S(=O)(=O)c2ccc(C)cc2)cc1. The summed E-state index contributed by atoms with van der Waals surface area (Å²) in [6, 6.07) is 19.7. The van der Waals surface area contributed by atoms with Crippen LogP contribution in [0.1, 0.15) is 25.0 Å². The van der Waals surface area contributed by atoms with Crippen molar-refractivity contribution in [1.82, 2.24) is 5.43 Å². The molecular formula is C26H28N4O5S. The maximum absolute atomic E-state index is 13.5. The lowest BCUT2D eigenvalue weighted by Crippen LogP contribution is -2.39. The first-order valence-corrected chi connectivity index (χ1v) is 12.5. The van der Waals surface area contributed by atoms with Gasteiger partial charge in [-0.05, 0) is 67.9 Å². The highest BCUT2D eigenvalue weighted by molar-refractivity contribution is 7.92. The van der Waals surface area contributed by atoms with Crippen molar-refractivity contribution in [3.63, 3.8) is 0 Å². The average Bonchev–Trinajstić information content (AvgIpc) is 2.86. The zero-order valence-electron chi connectivity index (χ0n) is 20.5. The molecule has 0 spiro atoms. The molecule has 0 fully saturated rings. The molecule has 0 heterocycles. The van der Waals surface area contributed by atoms with E-state index in [0.29, 0.717) is 22.8 Å². The van der Waals surface area contributed by atoms with E-state index < -0.39 is 22.5 Å². The van der Waals surface area contributed by atoms with E-state index in [4.69, 9.17) is 4.74 Å². The number of aryl methyl sites for hydroxylation is 1. The molecule has 0 radical (unpaired) electrons. The highest BCUT2D eigenvalue weighted by Gasteiger charge is 2.27. The maximum atomic E-state index is 13.5. The average molecular weight is 509 g/mol. The summed E-state index contributed by atoms with van der Waals surface area (Å²) < 4.78 is 33.1. The molecule has 3 aromatic carbocycles. The summed E-state index contributed by atoms with van der Waals surface area (Å²) in [7, 11) is -2.53. The van der Waals surface area contributed by atoms with Gasteiger partial charge < -0.3 is 10.1 Å². The minimum atomic E-state index is -4.04. The van der Waals surface area contributed by atoms with Crippen LogP contribution in [0.2, 0.25) is 0 Å². The molecule has 0 aromatic heterocycles. The van der Waals surface area contributed by atoms with Crippen molar-refractivity contribution < 1.29 is 22.7 Å². The van der Waals surface area contributed by atoms with Gasteiger partial charge in [0.2, 0.25) is 5.91 Å². The van der Waals surface area contributed by atoms with E-state index in [0.717, 1.165) is 15.4 Å². The number of benzene rings is 3. The van der Waals surface area contributed by atoms with Crippen LogP contribution in [0.4, 0.5) is 11.4 Å². The van der Waals surface area contributed by atoms with E-state index in [2.05, 4.69) is 15.8 Å². The number of anilines is 2. The van der Waals surface area contributed by atoms with Gasteiger partial charge in [0.15, 0.2) is 0 Å². The summed E-state index contributed by atoms with van der Waals surface area (Å²) in [6.45, 7) is 4.50. The fourth-order valence-electron chi connectivity index (χ4n) is 3.28. The van der Waals surface area contributed by atoms with Crippen LogP contribution in [0.25, 0.3) is 0 Å². The first-order valence-electron chi connectivity index (χ1n) is 11.0. The minimum Gasteiger partial charge on any atom is -0.497 e. The summed E-state index contributed by atoms with van der Waals surface area (Å²) in [6.07, 6.45) is 0. The normalized spacial score (nSPS) is 11.5. The second-order valence-corrected chi connectivity index (χ2v) is 9.88. The quantitative estimate of drug-likeness (QED) is 0.338. The van der Waals surface area contributed by atoms with Gasteiger partial charge in [-0.2, -0.15) is 5.10 Å². The fraction of sp³-hybridized carbons (Fsp3) is 0.192. The zero-order valence-corrected chi connectivity index (χ0v) is 21.3. The maximum Gasteiger partial charge on any atom is 0.264 e. The Morgan fingerprint density at radius 1 is 0.917 bits per heavy atom. The molecule has 10 heteroatoms. The van der Waals surface area contributed by atoms with Crippen LogP contribution in [-0.4, -0.2) is 39.6 Å². The number of sulfonamides is 1. The molecule has 0 aliphatic rings. The van der Waals surface area contributed by atoms with E-state index in [-0.39, 0.29) is 10.8 Å². The number of carbonyl (C=O) groups excluding carboxylic acids is 2. The number of nitrogens with one attached hydrogen (secondary N) is 2. The molecule has 0 unspecified atom stereocenters. The molecule has 0 aliphatic carbocycles. The number of ether oxygens (including phenoxy) is 1. The van der Waals surface area contributed by atoms with Crippen molar-refractivity contribution in [2.24, 2.45) is 5.10 Å². The Morgan fingerprint density at radius 3 is 2.08 bits per heavy atom. The van der Waals surface area contributed by atoms with Crippen LogP contribution in [0.3, 0.4) is 0 Å². The van der Waals surface area contributed by atoms with Crippen LogP contribution in [0.15, 0.2) is 82.8 Å². The lowest BCUT2D eigenvalue weighted by molar-refractivity contribution is -0.119. The van der Waals surface area contributed by atoms with Crippen LogP contribution >= 0.6 is 0 Å². The van der Waals surface area contributed by atoms with Gasteiger partial charge in [-0.15, -0.1) is 0 Å². The predicted molar refractivity (Wildman–Crippen MR) is 140 cm³/mol. The molecule has 2 amide bonds. The third kappa shape index (κ3) is 6.70. The molecule has 188 valence electrons. The highest BCUT2D eigenvalue weighted by atomic mass is 32.2.